The molecule has 4 heterocycles. The molecule has 4 aromatic heterocycles. The second kappa shape index (κ2) is 34.9. The third-order valence-corrected chi connectivity index (χ3v) is 15.8. The molecule has 0 bridgehead atoms. The number of hydrogen-bond acceptors (Lipinski definition) is 10. The zero-order valence-electron chi connectivity index (χ0n) is 57.6. The maximum atomic E-state index is 11.7. The standard InChI is InChI=1S/C66H70N4.C15H16N2O2.2CNS.Ru/c1-63(2,3)51-21-33-57(34-22-51)69(58-35-23-52(24-36-58)64(4,5)6)55-29-17-47(18-30-55)13-15-49-41-43-67-61(45-49)62-46-50(42-44-68-62)16-14-48-19-31-56(32-20-48)70(59-37-25-53(26-38-59)65(7,8)9)60-39-27-54(28-40-60)66(10,11)12;1-3-11-5-7-16-13(9-11)14-10-12(6-8-17-14)15(18)19-4-2;2*2-1-3;/h13-46H,1-12H3;5-10H,3-4H2,1-2H3;;;/q;;2*-1;+2/b15-13+,16-14+;;;;. The number of esters is 1. The molecule has 0 saturated heterocycles. The largest absolute Gasteiger partial charge is 2.00 e. The molecule has 490 valence electrons. The van der Waals surface area contributed by atoms with Gasteiger partial charge >= 0.3 is 25.4 Å². The molecule has 0 radical (unpaired) electrons. The topological polar surface area (TPSA) is 129 Å². The molecule has 0 aliphatic rings. The summed E-state index contributed by atoms with van der Waals surface area (Å²) in [7, 11) is 0. The zero-order chi connectivity index (χ0) is 68.9. The summed E-state index contributed by atoms with van der Waals surface area (Å²) in [6.45, 7) is 31.3. The van der Waals surface area contributed by atoms with Crippen molar-refractivity contribution in [2.45, 2.75) is 125 Å². The SMILES string of the molecule is CC(C)(C)c1ccc(N(c2ccc(/C=C/c3ccnc(-c4cc(/C=C/c5ccc(N(c6ccc(C(C)(C)C)cc6)c6ccc(C(C)(C)C)cc6)cc5)ccn4)c3)cc2)c2ccc(C(C)(C)C)cc2)cc1.CCOC(=O)c1ccnc(-c2cc(CC)ccn2)c1.[N-]=C=S.[N-]=C=S.[Ru+2]. The van der Waals surface area contributed by atoms with Gasteiger partial charge in [0.2, 0.25) is 0 Å². The quantitative estimate of drug-likeness (QED) is 0.0423. The van der Waals surface area contributed by atoms with Crippen molar-refractivity contribution < 1.29 is 29.0 Å². The monoisotopic (exact) mass is 1390 g/mol. The molecule has 10 nitrogen and oxygen atoms in total. The molecule has 0 amide bonds. The van der Waals surface area contributed by atoms with E-state index in [-0.39, 0.29) is 47.1 Å². The van der Waals surface area contributed by atoms with Gasteiger partial charge in [0.1, 0.15) is 0 Å². The smallest absolute Gasteiger partial charge is 0.753 e. The molecule has 96 heavy (non-hydrogen) atoms. The van der Waals surface area contributed by atoms with E-state index in [1.807, 2.05) is 36.7 Å². The van der Waals surface area contributed by atoms with Crippen LogP contribution in [0.2, 0.25) is 0 Å². The summed E-state index contributed by atoms with van der Waals surface area (Å²) in [5.41, 5.74) is 21.5. The van der Waals surface area contributed by atoms with Gasteiger partial charge in [-0.15, -0.1) is 0 Å². The third kappa shape index (κ3) is 21.6. The first-order valence-corrected chi connectivity index (χ1v) is 32.7. The summed E-state index contributed by atoms with van der Waals surface area (Å²) in [6, 6.07) is 69.1. The van der Waals surface area contributed by atoms with Gasteiger partial charge in [-0.3, -0.25) is 19.9 Å². The molecule has 0 aliphatic carbocycles. The van der Waals surface area contributed by atoms with Crippen molar-refractivity contribution >= 4 is 99.2 Å². The summed E-state index contributed by atoms with van der Waals surface area (Å²) in [5.74, 6) is -0.335. The first-order valence-electron chi connectivity index (χ1n) is 31.9. The average Bonchev–Trinajstić information content (AvgIpc) is 0.923. The van der Waals surface area contributed by atoms with Crippen LogP contribution in [0.15, 0.2) is 219 Å². The van der Waals surface area contributed by atoms with E-state index in [1.54, 1.807) is 31.5 Å². The number of thiocarbonyl (C=S) groups is 2. The van der Waals surface area contributed by atoms with E-state index < -0.39 is 0 Å². The van der Waals surface area contributed by atoms with Crippen molar-refractivity contribution in [3.8, 4) is 22.8 Å². The fraction of sp³-hybridized carbons (Fsp3) is 0.241. The van der Waals surface area contributed by atoms with E-state index in [1.165, 1.54) is 38.1 Å². The van der Waals surface area contributed by atoms with E-state index in [4.69, 9.17) is 25.5 Å². The normalized spacial score (nSPS) is 11.3. The first kappa shape index (κ1) is 75.7. The van der Waals surface area contributed by atoms with Crippen molar-refractivity contribution in [2.24, 2.45) is 0 Å². The molecule has 0 fully saturated rings. The van der Waals surface area contributed by atoms with Crippen LogP contribution in [-0.4, -0.2) is 42.8 Å². The van der Waals surface area contributed by atoms with Gasteiger partial charge in [-0.1, -0.05) is 212 Å². The van der Waals surface area contributed by atoms with E-state index >= 15 is 0 Å². The average molecular weight is 1390 g/mol. The Bertz CT molecular complexity index is 3920. The predicted molar refractivity (Wildman–Crippen MR) is 407 cm³/mol. The molecule has 0 spiro atoms. The van der Waals surface area contributed by atoms with E-state index in [0.29, 0.717) is 17.9 Å². The Morgan fingerprint density at radius 1 is 0.396 bits per heavy atom. The van der Waals surface area contributed by atoms with Crippen LogP contribution in [0.5, 0.6) is 0 Å². The Kier molecular flexibility index (Phi) is 27.5. The summed E-state index contributed by atoms with van der Waals surface area (Å²) >= 11 is 7.40. The Morgan fingerprint density at radius 3 is 0.948 bits per heavy atom. The van der Waals surface area contributed by atoms with Crippen molar-refractivity contribution in [3.05, 3.63) is 285 Å². The number of isothiocyanates is 2. The van der Waals surface area contributed by atoms with Crippen LogP contribution in [0.4, 0.5) is 34.1 Å². The number of aromatic nitrogens is 4. The Morgan fingerprint density at radius 2 is 0.656 bits per heavy atom. The minimum Gasteiger partial charge on any atom is -0.753 e. The number of hydrogen-bond donors (Lipinski definition) is 0. The number of carbonyl (C=O) groups excluding carboxylic acids is 1. The molecule has 6 aromatic carbocycles. The fourth-order valence-electron chi connectivity index (χ4n) is 10.3. The Balaban J connectivity index is 0.000000471. The number of anilines is 6. The van der Waals surface area contributed by atoms with Crippen LogP contribution in [0.25, 0.3) is 57.9 Å². The van der Waals surface area contributed by atoms with Gasteiger partial charge < -0.3 is 25.4 Å². The number of rotatable bonds is 15. The van der Waals surface area contributed by atoms with E-state index in [2.05, 4.69) is 316 Å². The fourth-order valence-corrected chi connectivity index (χ4v) is 10.3. The van der Waals surface area contributed by atoms with Crippen molar-refractivity contribution in [2.75, 3.05) is 16.4 Å². The number of pyridine rings is 4. The molecular weight excluding hydrogens is 1310 g/mol. The number of benzene rings is 6. The van der Waals surface area contributed by atoms with Crippen LogP contribution in [0, 0.1) is 0 Å². The maximum Gasteiger partial charge on any atom is 2.00 e. The van der Waals surface area contributed by atoms with Gasteiger partial charge in [-0.25, -0.2) is 4.79 Å². The number of aryl methyl sites for hydroxylation is 1. The van der Waals surface area contributed by atoms with Crippen LogP contribution in [0.3, 0.4) is 0 Å². The van der Waals surface area contributed by atoms with Crippen molar-refractivity contribution in [3.63, 3.8) is 0 Å². The minimum absolute atomic E-state index is 0. The van der Waals surface area contributed by atoms with Crippen molar-refractivity contribution in [1.29, 1.82) is 0 Å². The Hall–Kier alpha value is -9.31. The van der Waals surface area contributed by atoms with Crippen LogP contribution in [-0.2, 0) is 52.3 Å². The molecule has 10 aromatic rings. The third-order valence-electron chi connectivity index (χ3n) is 15.8. The van der Waals surface area contributed by atoms with E-state index in [0.717, 1.165) is 79.9 Å². The summed E-state index contributed by atoms with van der Waals surface area (Å²) in [6.07, 6.45) is 16.6. The predicted octanol–water partition coefficient (Wildman–Crippen LogP) is 22.8. The zero-order valence-corrected chi connectivity index (χ0v) is 60.9. The molecule has 0 atom stereocenters. The second-order valence-corrected chi connectivity index (χ2v) is 27.3. The van der Waals surface area contributed by atoms with Crippen LogP contribution < -0.4 is 9.80 Å². The summed E-state index contributed by atoms with van der Waals surface area (Å²) < 4.78 is 4.98. The van der Waals surface area contributed by atoms with Gasteiger partial charge in [0.15, 0.2) is 0 Å². The first-order chi connectivity index (χ1) is 45.3. The van der Waals surface area contributed by atoms with Gasteiger partial charge in [0.05, 0.1) is 34.9 Å². The van der Waals surface area contributed by atoms with Crippen LogP contribution in [0.1, 0.15) is 157 Å². The van der Waals surface area contributed by atoms with Crippen LogP contribution >= 0.6 is 24.4 Å². The molecular formula is C83H86N8O2RuS2. The number of ether oxygens (including phenoxy) is 1. The summed E-state index contributed by atoms with van der Waals surface area (Å²) in [5, 5.41) is 16.9. The molecule has 0 aliphatic heterocycles. The van der Waals surface area contributed by atoms with Crippen molar-refractivity contribution in [1.82, 2.24) is 19.9 Å². The molecule has 0 N–H and O–H groups in total. The molecule has 13 heteroatoms. The van der Waals surface area contributed by atoms with Gasteiger partial charge in [-0.2, -0.15) is 10.3 Å². The molecule has 0 unspecified atom stereocenters. The van der Waals surface area contributed by atoms with Gasteiger partial charge in [0, 0.05) is 58.9 Å². The maximum absolute atomic E-state index is 11.7. The van der Waals surface area contributed by atoms with Gasteiger partial charge in [0.25, 0.3) is 0 Å². The molecule has 0 saturated carbocycles. The summed E-state index contributed by atoms with van der Waals surface area (Å²) in [4.78, 5) is 34.4. The number of carbonyl (C=O) groups is 1. The molecule has 10 rings (SSSR count). The van der Waals surface area contributed by atoms with Gasteiger partial charge in [-0.05, 0) is 206 Å². The second-order valence-electron chi connectivity index (χ2n) is 26.9. The Labute approximate surface area is 593 Å². The van der Waals surface area contributed by atoms with E-state index in [9.17, 15) is 4.79 Å². The number of nitrogens with zero attached hydrogens (tertiary/aromatic N) is 8. The minimum atomic E-state index is -0.335.